The normalized spacial score (nSPS) is 30.8. The molecule has 8 rings (SSSR count). The van der Waals surface area contributed by atoms with Gasteiger partial charge in [0.1, 0.15) is 22.2 Å². The highest BCUT2D eigenvalue weighted by atomic mass is 32.2. The highest BCUT2D eigenvalue weighted by Crippen LogP contribution is 2.41. The van der Waals surface area contributed by atoms with E-state index in [1.807, 2.05) is 0 Å². The molecule has 48 nitrogen and oxygen atoms in total. The molecular weight excluding hydrogens is 1620 g/mol. The summed E-state index contributed by atoms with van der Waals surface area (Å²) in [5.41, 5.74) is 39.1. The highest BCUT2D eigenvalue weighted by molar-refractivity contribution is 7.87. The predicted octanol–water partition coefficient (Wildman–Crippen LogP) is -13.0. The van der Waals surface area contributed by atoms with E-state index in [2.05, 4.69) is 30.7 Å². The van der Waals surface area contributed by atoms with Gasteiger partial charge in [-0.15, -0.1) is 0 Å². The number of likely N-dealkylation sites (N-methyl/N-ethyl adjacent to an activating group) is 2. The summed E-state index contributed by atoms with van der Waals surface area (Å²) in [4.78, 5) is 93.6. The van der Waals surface area contributed by atoms with Crippen LogP contribution in [0.5, 0.6) is 0 Å². The first-order valence-electron chi connectivity index (χ1n) is 38.3. The number of nitrogens with two attached hydrogens (primary N) is 8. The second kappa shape index (κ2) is 41.6. The molecule has 20 atom stereocenters. The van der Waals surface area contributed by atoms with Crippen molar-refractivity contribution in [1.82, 2.24) is 56.5 Å². The summed E-state index contributed by atoms with van der Waals surface area (Å²) in [7, 11) is -22.1. The molecule has 0 aromatic carbocycles. The Hall–Kier alpha value is -5.14. The molecular formula is C60H120B4N20O28S4. The zero-order valence-corrected chi connectivity index (χ0v) is 69.0. The molecule has 0 bridgehead atoms. The van der Waals surface area contributed by atoms with E-state index in [0.29, 0.717) is 51.4 Å². The Morgan fingerprint density at radius 1 is 0.379 bits per heavy atom. The van der Waals surface area contributed by atoms with Crippen LogP contribution in [-0.4, -0.2) is 356 Å². The summed E-state index contributed by atoms with van der Waals surface area (Å²) in [6.45, 7) is 7.86. The van der Waals surface area contributed by atoms with Crippen LogP contribution in [0.25, 0.3) is 0 Å². The number of aliphatic carboxylic acids is 4. The zero-order valence-electron chi connectivity index (χ0n) is 65.8. The SMILES string of the molecule is CCN([C@@H]1C[C@H]1NC(=O)[C@H](C)N)S(=O)(=O)N1C[C@H](CCCB(O)O)[C@](N)(C(=O)O)C1.CCN([C@H]1C[C@@H]1NC(=O)[C@H](C)N)S(=O)(=O)N1C[C@H](CCCB(O)O)[C@](N)(C(=O)O)C1.C[C@H](N)C(=O)N[C@@H]1C[C@H]1NS(=O)(=O)N1C[C@H](CCCB(O)O)[C@](N)(C(=O)O)C1.C[C@H](N)C(=O)N[C@H]1C[C@@H]1NS(=O)(=O)N1C[C@H](CCCB(O)O)[C@](N)(C(=O)O)C1. The van der Waals surface area contributed by atoms with E-state index in [-0.39, 0.29) is 151 Å². The lowest BCUT2D eigenvalue weighted by Crippen LogP contribution is -2.55. The molecule has 0 spiro atoms. The third kappa shape index (κ3) is 26.9. The standard InChI is InChI=1S/2C16H32BN5O7S.2C14H28BN5O7S/c2*1-3-22(13-7-12(13)20-14(23)10(2)18)30(28,29)21-8-11(5-4-6-17(26)27)16(19,9-21)15(24)25;2*1-8(16)12(21)18-10-5-11(10)19-28(26,27)20-6-9(3-2-4-15(24)25)14(17,7-20)13(22)23/h2*10-13,26-27H,3-9,18-19H2,1-2H3,(H,20,23)(H,24,25);2*8-11,19,24-25H,2-7,16-17H2,1H3,(H,18,21)(H,22,23)/t10-,11-,12+,13+,16-;10-,11-,12-,13-,16-;8-,9-,10+,11+,14-;8-,9-,10-,11-,14-/m0000/s1. The topological polar surface area (TPSA) is 816 Å². The summed E-state index contributed by atoms with van der Waals surface area (Å²) < 4.78 is 115. The van der Waals surface area contributed by atoms with Gasteiger partial charge in [0, 0.05) is 137 Å². The summed E-state index contributed by atoms with van der Waals surface area (Å²) in [5, 5.41) is 121. The van der Waals surface area contributed by atoms with Crippen molar-refractivity contribution in [1.29, 1.82) is 0 Å². The molecule has 664 valence electrons. The first-order valence-corrected chi connectivity index (χ1v) is 43.9. The van der Waals surface area contributed by atoms with Crippen molar-refractivity contribution in [3.05, 3.63) is 0 Å². The van der Waals surface area contributed by atoms with Gasteiger partial charge in [-0.2, -0.15) is 68.9 Å². The molecule has 4 saturated heterocycles. The number of hydrogen-bond donors (Lipinski definition) is 26. The van der Waals surface area contributed by atoms with E-state index < -0.39 is 200 Å². The lowest BCUT2D eigenvalue weighted by molar-refractivity contribution is -0.145. The van der Waals surface area contributed by atoms with E-state index in [1.54, 1.807) is 13.8 Å². The van der Waals surface area contributed by atoms with Gasteiger partial charge in [-0.1, -0.05) is 39.5 Å². The fourth-order valence-corrected chi connectivity index (χ4v) is 21.3. The van der Waals surface area contributed by atoms with Crippen LogP contribution in [0, 0.1) is 23.7 Å². The Labute approximate surface area is 676 Å². The summed E-state index contributed by atoms with van der Waals surface area (Å²) in [5.74, 6) is -9.41. The van der Waals surface area contributed by atoms with Crippen LogP contribution in [0.2, 0.25) is 25.3 Å². The van der Waals surface area contributed by atoms with Gasteiger partial charge < -0.3 is 128 Å². The number of amides is 4. The van der Waals surface area contributed by atoms with Crippen LogP contribution in [0.1, 0.15) is 119 Å². The van der Waals surface area contributed by atoms with Crippen LogP contribution >= 0.6 is 0 Å². The van der Waals surface area contributed by atoms with E-state index in [4.69, 9.17) is 86.1 Å². The molecule has 0 aromatic heterocycles. The van der Waals surface area contributed by atoms with E-state index >= 15 is 0 Å². The van der Waals surface area contributed by atoms with Crippen molar-refractivity contribution in [2.45, 2.75) is 239 Å². The Morgan fingerprint density at radius 2 is 0.595 bits per heavy atom. The predicted molar refractivity (Wildman–Crippen MR) is 418 cm³/mol. The Kier molecular flexibility index (Phi) is 36.4. The van der Waals surface area contributed by atoms with Gasteiger partial charge in [0.05, 0.1) is 24.2 Å². The van der Waals surface area contributed by atoms with E-state index in [9.17, 15) is 92.5 Å². The summed E-state index contributed by atoms with van der Waals surface area (Å²) >= 11 is 0. The van der Waals surface area contributed by atoms with Crippen LogP contribution in [0.3, 0.4) is 0 Å². The molecule has 4 amide bonds. The Balaban J connectivity index is 0.000000276. The molecule has 4 aliphatic carbocycles. The van der Waals surface area contributed by atoms with Crippen LogP contribution < -0.4 is 76.6 Å². The molecule has 0 radical (unpaired) electrons. The fourth-order valence-electron chi connectivity index (χ4n) is 14.3. The molecule has 8 fully saturated rings. The summed E-state index contributed by atoms with van der Waals surface area (Å²) in [6, 6.07) is -6.07. The molecule has 4 heterocycles. The summed E-state index contributed by atoms with van der Waals surface area (Å²) in [6.07, 6.45) is 4.05. The van der Waals surface area contributed by atoms with Gasteiger partial charge in [0.2, 0.25) is 23.6 Å². The fraction of sp³-hybridized carbons (Fsp3) is 0.867. The molecule has 4 saturated carbocycles. The minimum atomic E-state index is -4.01. The first-order chi connectivity index (χ1) is 53.4. The maximum Gasteiger partial charge on any atom is 0.451 e. The zero-order chi connectivity index (χ0) is 88.3. The molecule has 0 unspecified atom stereocenters. The number of rotatable bonds is 42. The van der Waals surface area contributed by atoms with Gasteiger partial charge in [0.25, 0.3) is 40.8 Å². The number of carbonyl (C=O) groups excluding carboxylic acids is 4. The number of hydrogen-bond acceptors (Lipinski definition) is 32. The molecule has 8 aliphatic rings. The van der Waals surface area contributed by atoms with Crippen molar-refractivity contribution >= 4 is 117 Å². The van der Waals surface area contributed by atoms with Gasteiger partial charge >= 0.3 is 52.4 Å². The third-order valence-electron chi connectivity index (χ3n) is 22.0. The lowest BCUT2D eigenvalue weighted by Gasteiger charge is -2.27. The van der Waals surface area contributed by atoms with Crippen LogP contribution in [-0.2, 0) is 79.2 Å². The van der Waals surface area contributed by atoms with E-state index in [1.165, 1.54) is 36.3 Å². The average molecular weight is 1740 g/mol. The molecule has 34 N–H and O–H groups in total. The molecule has 4 aliphatic heterocycles. The maximum atomic E-state index is 13.2. The number of carboxylic acids is 4. The number of carboxylic acid groups (broad SMARTS) is 4. The van der Waals surface area contributed by atoms with Crippen molar-refractivity contribution in [2.24, 2.45) is 69.5 Å². The van der Waals surface area contributed by atoms with Gasteiger partial charge in [-0.3, -0.25) is 38.4 Å². The second-order valence-electron chi connectivity index (χ2n) is 31.6. The smallest absolute Gasteiger partial charge is 0.451 e. The van der Waals surface area contributed by atoms with Crippen molar-refractivity contribution in [3.8, 4) is 0 Å². The lowest BCUT2D eigenvalue weighted by atomic mass is 9.78. The average Bonchev–Trinajstić information content (AvgIpc) is 1.59. The maximum absolute atomic E-state index is 13.2. The number of carbonyl (C=O) groups is 8. The highest BCUT2D eigenvalue weighted by Gasteiger charge is 2.60. The van der Waals surface area contributed by atoms with Crippen molar-refractivity contribution < 1.29 is 133 Å². The quantitative estimate of drug-likeness (QED) is 0.0252. The second-order valence-corrected chi connectivity index (χ2v) is 38.7. The number of nitrogens with zero attached hydrogens (tertiary/aromatic N) is 6. The minimum Gasteiger partial charge on any atom is -0.480 e. The van der Waals surface area contributed by atoms with Crippen LogP contribution in [0.15, 0.2) is 0 Å². The van der Waals surface area contributed by atoms with Gasteiger partial charge in [-0.25, -0.2) is 0 Å². The van der Waals surface area contributed by atoms with Crippen molar-refractivity contribution in [3.63, 3.8) is 0 Å². The molecule has 116 heavy (non-hydrogen) atoms. The van der Waals surface area contributed by atoms with Crippen LogP contribution in [0.4, 0.5) is 0 Å². The third-order valence-corrected chi connectivity index (χ3v) is 29.2. The Morgan fingerprint density at radius 3 is 0.802 bits per heavy atom. The largest absolute Gasteiger partial charge is 0.480 e. The Bertz CT molecular complexity index is 3640. The van der Waals surface area contributed by atoms with Crippen molar-refractivity contribution in [2.75, 3.05) is 65.4 Å². The van der Waals surface area contributed by atoms with E-state index in [0.717, 1.165) is 17.2 Å². The number of nitrogens with one attached hydrogen (secondary N) is 6. The monoisotopic (exact) mass is 1740 g/mol. The minimum absolute atomic E-state index is 0.0419. The van der Waals surface area contributed by atoms with Gasteiger partial charge in [-0.05, 0) is 104 Å². The van der Waals surface area contributed by atoms with Gasteiger partial charge in [0.15, 0.2) is 0 Å². The first kappa shape index (κ1) is 101. The molecule has 0 aromatic rings. The molecule has 56 heteroatoms.